The number of quaternary nitrogens is 1. The fourth-order valence-corrected chi connectivity index (χ4v) is 1.81. The maximum atomic E-state index is 11.5. The molecular formula is C11H18N2O3. The molecular weight excluding hydrogens is 208 g/mol. The fraction of sp³-hybridized carbons (Fsp3) is 0.636. The zero-order valence-electron chi connectivity index (χ0n) is 9.71. The molecule has 5 heteroatoms. The Labute approximate surface area is 95.1 Å². The summed E-state index contributed by atoms with van der Waals surface area (Å²) in [7, 11) is 0. The number of aliphatic carboxylic acids is 1. The maximum Gasteiger partial charge on any atom is 0.278 e. The van der Waals surface area contributed by atoms with Crippen molar-refractivity contribution in [3.8, 4) is 0 Å². The molecule has 2 unspecified atom stereocenters. The average Bonchev–Trinajstić information content (AvgIpc) is 2.18. The van der Waals surface area contributed by atoms with Crippen LogP contribution in [-0.2, 0) is 9.59 Å². The van der Waals surface area contributed by atoms with Crippen LogP contribution in [0.5, 0.6) is 0 Å². The third kappa shape index (κ3) is 3.66. The number of allylic oxidation sites excluding steroid dienone is 1. The van der Waals surface area contributed by atoms with E-state index in [4.69, 9.17) is 0 Å². The summed E-state index contributed by atoms with van der Waals surface area (Å²) in [5.74, 6) is -1.36. The Morgan fingerprint density at radius 2 is 2.31 bits per heavy atom. The number of carbonyl (C=O) groups is 2. The number of carboxylic acids is 1. The van der Waals surface area contributed by atoms with Gasteiger partial charge in [0.25, 0.3) is 5.91 Å². The van der Waals surface area contributed by atoms with Crippen molar-refractivity contribution in [1.29, 1.82) is 0 Å². The van der Waals surface area contributed by atoms with Crippen LogP contribution in [0.15, 0.2) is 11.6 Å². The number of rotatable bonds is 4. The van der Waals surface area contributed by atoms with Crippen molar-refractivity contribution in [2.24, 2.45) is 0 Å². The lowest BCUT2D eigenvalue weighted by atomic mass is 10.1. The predicted molar refractivity (Wildman–Crippen MR) is 56.5 cm³/mol. The third-order valence-electron chi connectivity index (χ3n) is 2.70. The van der Waals surface area contributed by atoms with E-state index >= 15 is 0 Å². The van der Waals surface area contributed by atoms with Crippen molar-refractivity contribution in [2.75, 3.05) is 19.6 Å². The smallest absolute Gasteiger partial charge is 0.278 e. The highest BCUT2D eigenvalue weighted by Gasteiger charge is 2.32. The highest BCUT2D eigenvalue weighted by molar-refractivity contribution is 5.84. The first kappa shape index (κ1) is 12.7. The summed E-state index contributed by atoms with van der Waals surface area (Å²) in [5, 5.41) is 13.3. The van der Waals surface area contributed by atoms with Crippen LogP contribution in [0.4, 0.5) is 0 Å². The predicted octanol–water partition coefficient (Wildman–Crippen LogP) is -2.52. The van der Waals surface area contributed by atoms with Crippen molar-refractivity contribution in [1.82, 2.24) is 5.32 Å². The third-order valence-corrected chi connectivity index (χ3v) is 2.70. The molecule has 0 aliphatic carbocycles. The topological polar surface area (TPSA) is 73.7 Å². The van der Waals surface area contributed by atoms with Crippen LogP contribution in [0, 0.1) is 0 Å². The Morgan fingerprint density at radius 3 is 2.88 bits per heavy atom. The summed E-state index contributed by atoms with van der Waals surface area (Å²) in [6.07, 6.45) is 1.81. The molecule has 1 rings (SSSR count). The van der Waals surface area contributed by atoms with Gasteiger partial charge in [-0.15, -0.1) is 0 Å². The summed E-state index contributed by atoms with van der Waals surface area (Å²) in [6.45, 7) is 6.02. The largest absolute Gasteiger partial charge is 0.550 e. The maximum absolute atomic E-state index is 11.5. The quantitative estimate of drug-likeness (QED) is 0.519. The number of hydrogen-bond acceptors (Lipinski definition) is 3. The Hall–Kier alpha value is -1.36. The molecule has 0 spiro atoms. The second-order valence-electron chi connectivity index (χ2n) is 4.31. The van der Waals surface area contributed by atoms with Gasteiger partial charge in [-0.2, -0.15) is 0 Å². The van der Waals surface area contributed by atoms with Crippen LogP contribution in [-0.4, -0.2) is 37.6 Å². The van der Waals surface area contributed by atoms with Crippen LogP contribution in [0.3, 0.4) is 0 Å². The molecule has 0 saturated carbocycles. The fourth-order valence-electron chi connectivity index (χ4n) is 1.81. The van der Waals surface area contributed by atoms with E-state index < -0.39 is 12.0 Å². The lowest BCUT2D eigenvalue weighted by Crippen LogP contribution is -3.19. The Kier molecular flexibility index (Phi) is 4.49. The van der Waals surface area contributed by atoms with E-state index in [1.807, 2.05) is 19.9 Å². The summed E-state index contributed by atoms with van der Waals surface area (Å²) in [5.41, 5.74) is 1.17. The van der Waals surface area contributed by atoms with Crippen LogP contribution >= 0.6 is 0 Å². The molecule has 0 aromatic rings. The molecule has 16 heavy (non-hydrogen) atoms. The lowest BCUT2D eigenvalue weighted by Gasteiger charge is -2.31. The first-order valence-corrected chi connectivity index (χ1v) is 5.46. The highest BCUT2D eigenvalue weighted by Crippen LogP contribution is 1.91. The number of carboxylic acid groups (broad SMARTS) is 1. The van der Waals surface area contributed by atoms with Crippen LogP contribution < -0.4 is 15.3 Å². The number of piperazine rings is 1. The average molecular weight is 226 g/mol. The van der Waals surface area contributed by atoms with E-state index in [2.05, 4.69) is 5.32 Å². The van der Waals surface area contributed by atoms with E-state index in [1.165, 1.54) is 5.57 Å². The number of hydrogen-bond donors (Lipinski definition) is 2. The van der Waals surface area contributed by atoms with Gasteiger partial charge < -0.3 is 20.1 Å². The van der Waals surface area contributed by atoms with Crippen LogP contribution in [0.1, 0.15) is 20.3 Å². The van der Waals surface area contributed by atoms with E-state index in [-0.39, 0.29) is 12.3 Å². The minimum Gasteiger partial charge on any atom is -0.550 e. The molecule has 5 nitrogen and oxygen atoms in total. The SMILES string of the molecule is CC(C)=CC[NH+]1CCNC(=O)C1CC(=O)[O-]. The van der Waals surface area contributed by atoms with Gasteiger partial charge >= 0.3 is 0 Å². The van der Waals surface area contributed by atoms with Gasteiger partial charge in [0.1, 0.15) is 0 Å². The minimum atomic E-state index is -1.17. The Bertz CT molecular complexity index is 308. The van der Waals surface area contributed by atoms with Crippen molar-refractivity contribution in [3.05, 3.63) is 11.6 Å². The van der Waals surface area contributed by atoms with Crippen molar-refractivity contribution in [3.63, 3.8) is 0 Å². The van der Waals surface area contributed by atoms with Gasteiger partial charge in [0.05, 0.1) is 19.6 Å². The van der Waals surface area contributed by atoms with E-state index in [9.17, 15) is 14.7 Å². The molecule has 1 saturated heterocycles. The van der Waals surface area contributed by atoms with E-state index in [0.29, 0.717) is 13.1 Å². The summed E-state index contributed by atoms with van der Waals surface area (Å²) in [6, 6.07) is -0.519. The molecule has 2 N–H and O–H groups in total. The van der Waals surface area contributed by atoms with Crippen LogP contribution in [0.25, 0.3) is 0 Å². The highest BCUT2D eigenvalue weighted by atomic mass is 16.4. The Morgan fingerprint density at radius 1 is 1.62 bits per heavy atom. The van der Waals surface area contributed by atoms with Crippen LogP contribution in [0.2, 0.25) is 0 Å². The van der Waals surface area contributed by atoms with E-state index in [0.717, 1.165) is 11.4 Å². The number of carbonyl (C=O) groups excluding carboxylic acids is 2. The van der Waals surface area contributed by atoms with Gasteiger partial charge in [-0.25, -0.2) is 0 Å². The second-order valence-corrected chi connectivity index (χ2v) is 4.31. The molecule has 90 valence electrons. The summed E-state index contributed by atoms with van der Waals surface area (Å²) in [4.78, 5) is 23.1. The monoisotopic (exact) mass is 226 g/mol. The second kappa shape index (κ2) is 5.65. The van der Waals surface area contributed by atoms with Gasteiger partial charge in [0, 0.05) is 12.4 Å². The zero-order valence-corrected chi connectivity index (χ0v) is 9.71. The molecule has 0 bridgehead atoms. The minimum absolute atomic E-state index is 0.187. The number of amides is 1. The van der Waals surface area contributed by atoms with Gasteiger partial charge in [0.15, 0.2) is 6.04 Å². The first-order valence-electron chi connectivity index (χ1n) is 5.46. The molecule has 0 aromatic carbocycles. The van der Waals surface area contributed by atoms with Crippen molar-refractivity contribution < 1.29 is 19.6 Å². The van der Waals surface area contributed by atoms with Gasteiger partial charge in [-0.1, -0.05) is 5.57 Å². The molecule has 1 amide bonds. The van der Waals surface area contributed by atoms with Gasteiger partial charge in [-0.3, -0.25) is 4.79 Å². The Balaban J connectivity index is 2.66. The molecule has 0 aromatic heterocycles. The standard InChI is InChI=1S/C11H18N2O3/c1-8(2)3-5-13-6-4-12-11(16)9(13)7-10(14)15/h3,9H,4-7H2,1-2H3,(H,12,16)(H,14,15). The molecule has 0 radical (unpaired) electrons. The molecule has 1 heterocycles. The zero-order chi connectivity index (χ0) is 12.1. The first-order chi connectivity index (χ1) is 7.50. The van der Waals surface area contributed by atoms with Crippen molar-refractivity contribution >= 4 is 11.9 Å². The molecule has 1 fully saturated rings. The van der Waals surface area contributed by atoms with Crippen molar-refractivity contribution in [2.45, 2.75) is 26.3 Å². The summed E-state index contributed by atoms with van der Waals surface area (Å²) < 4.78 is 0. The van der Waals surface area contributed by atoms with E-state index in [1.54, 1.807) is 0 Å². The lowest BCUT2D eigenvalue weighted by molar-refractivity contribution is -0.911. The number of nitrogens with one attached hydrogen (secondary N) is 2. The summed E-state index contributed by atoms with van der Waals surface area (Å²) >= 11 is 0. The normalized spacial score (nSPS) is 24.8. The van der Waals surface area contributed by atoms with Gasteiger partial charge in [0.2, 0.25) is 0 Å². The molecule has 2 atom stereocenters. The molecule has 1 aliphatic heterocycles. The molecule has 1 aliphatic rings. The van der Waals surface area contributed by atoms with Gasteiger partial charge in [-0.05, 0) is 19.9 Å².